The number of rotatable bonds is 6. The smallest absolute Gasteiger partial charge is 0.200 e. The fraction of sp³-hybridized carbons (Fsp3) is 1.00. The van der Waals surface area contributed by atoms with E-state index in [-0.39, 0.29) is 0 Å². The van der Waals surface area contributed by atoms with Gasteiger partial charge in [-0.05, 0) is 18.8 Å². The van der Waals surface area contributed by atoms with Crippen LogP contribution < -0.4 is 0 Å². The van der Waals surface area contributed by atoms with Gasteiger partial charge in [0.05, 0.1) is 0 Å². The van der Waals surface area contributed by atoms with Crippen LogP contribution in [0.15, 0.2) is 0 Å². The Morgan fingerprint density at radius 1 is 1.20 bits per heavy atom. The minimum Gasteiger partial charge on any atom is -0.344 e. The average molecular weight is 232 g/mol. The summed E-state index contributed by atoms with van der Waals surface area (Å²) >= 11 is 0. The maximum Gasteiger partial charge on any atom is 0.200 e. The van der Waals surface area contributed by atoms with E-state index in [1.807, 2.05) is 0 Å². The third kappa shape index (κ3) is 5.73. The van der Waals surface area contributed by atoms with E-state index in [1.54, 1.807) is 0 Å². The van der Waals surface area contributed by atoms with Crippen LogP contribution in [0.2, 0.25) is 0 Å². The van der Waals surface area contributed by atoms with Gasteiger partial charge in [-0.3, -0.25) is 4.57 Å². The van der Waals surface area contributed by atoms with Crippen LogP contribution >= 0.6 is 7.37 Å². The van der Waals surface area contributed by atoms with Gasteiger partial charge in [-0.1, -0.05) is 45.4 Å². The van der Waals surface area contributed by atoms with Crippen LogP contribution in [-0.2, 0) is 4.57 Å². The van der Waals surface area contributed by atoms with Gasteiger partial charge in [0.15, 0.2) is 0 Å². The second kappa shape index (κ2) is 6.70. The molecule has 90 valence electrons. The Morgan fingerprint density at radius 2 is 1.87 bits per heavy atom. The van der Waals surface area contributed by atoms with Crippen LogP contribution in [0.4, 0.5) is 0 Å². The van der Waals surface area contributed by atoms with Gasteiger partial charge in [-0.25, -0.2) is 0 Å². The molecule has 0 heterocycles. The largest absolute Gasteiger partial charge is 0.344 e. The van der Waals surface area contributed by atoms with Crippen LogP contribution in [0.1, 0.15) is 58.3 Å². The molecule has 3 heteroatoms. The monoisotopic (exact) mass is 232 g/mol. The zero-order valence-electron chi connectivity index (χ0n) is 9.95. The van der Waals surface area contributed by atoms with Crippen molar-refractivity contribution < 1.29 is 9.46 Å². The number of unbranched alkanes of at least 4 members (excludes halogenated alkanes) is 1. The van der Waals surface area contributed by atoms with Crippen LogP contribution in [-0.4, -0.2) is 17.2 Å². The van der Waals surface area contributed by atoms with E-state index in [1.165, 1.54) is 32.1 Å². The van der Waals surface area contributed by atoms with Crippen molar-refractivity contribution in [1.29, 1.82) is 0 Å². The second-order valence-corrected chi connectivity index (χ2v) is 7.53. The summed E-state index contributed by atoms with van der Waals surface area (Å²) in [5.41, 5.74) is 0. The summed E-state index contributed by atoms with van der Waals surface area (Å²) in [4.78, 5) is 9.73. The maximum absolute atomic E-state index is 11.8. The van der Waals surface area contributed by atoms with E-state index in [2.05, 4.69) is 6.92 Å². The minimum atomic E-state index is -2.78. The van der Waals surface area contributed by atoms with Gasteiger partial charge in [0.1, 0.15) is 0 Å². The van der Waals surface area contributed by atoms with Crippen molar-refractivity contribution in [2.75, 3.05) is 12.3 Å². The molecule has 0 aromatic rings. The topological polar surface area (TPSA) is 37.3 Å². The molecule has 0 aromatic carbocycles. The van der Waals surface area contributed by atoms with Gasteiger partial charge in [0, 0.05) is 12.3 Å². The summed E-state index contributed by atoms with van der Waals surface area (Å²) in [6, 6.07) is 0. The molecule has 0 saturated heterocycles. The van der Waals surface area contributed by atoms with Gasteiger partial charge in [-0.2, -0.15) is 0 Å². The summed E-state index contributed by atoms with van der Waals surface area (Å²) in [5.74, 6) is 0.737. The third-order valence-electron chi connectivity index (χ3n) is 3.47. The summed E-state index contributed by atoms with van der Waals surface area (Å²) in [7, 11) is -2.78. The molecule has 0 aliphatic heterocycles. The molecule has 0 spiro atoms. The lowest BCUT2D eigenvalue weighted by molar-refractivity contribution is 0.346. The Labute approximate surface area is 93.9 Å². The van der Waals surface area contributed by atoms with E-state index in [0.29, 0.717) is 12.3 Å². The van der Waals surface area contributed by atoms with Crippen molar-refractivity contribution in [2.24, 2.45) is 5.92 Å². The zero-order valence-corrected chi connectivity index (χ0v) is 10.8. The molecule has 1 saturated carbocycles. The van der Waals surface area contributed by atoms with E-state index in [0.717, 1.165) is 25.2 Å². The van der Waals surface area contributed by atoms with Crippen LogP contribution in [0.3, 0.4) is 0 Å². The lowest BCUT2D eigenvalue weighted by Gasteiger charge is -2.22. The highest BCUT2D eigenvalue weighted by Gasteiger charge is 2.21. The zero-order chi connectivity index (χ0) is 11.1. The quantitative estimate of drug-likeness (QED) is 0.702. The summed E-state index contributed by atoms with van der Waals surface area (Å²) in [6.07, 6.45) is 10.6. The normalized spacial score (nSPS) is 22.5. The van der Waals surface area contributed by atoms with E-state index >= 15 is 0 Å². The molecule has 2 nitrogen and oxygen atoms in total. The molecule has 1 aliphatic carbocycles. The highest BCUT2D eigenvalue weighted by molar-refractivity contribution is 7.57. The highest BCUT2D eigenvalue weighted by atomic mass is 31.2. The third-order valence-corrected chi connectivity index (χ3v) is 5.44. The Balaban J connectivity index is 2.19. The SMILES string of the molecule is CCCCP(=O)(O)CCC1CCCCC1. The summed E-state index contributed by atoms with van der Waals surface area (Å²) in [5, 5.41) is 0. The highest BCUT2D eigenvalue weighted by Crippen LogP contribution is 2.44. The fourth-order valence-electron chi connectivity index (χ4n) is 2.38. The Kier molecular flexibility index (Phi) is 5.92. The minimum absolute atomic E-state index is 0.538. The molecule has 15 heavy (non-hydrogen) atoms. The molecule has 0 aromatic heterocycles. The summed E-state index contributed by atoms with van der Waals surface area (Å²) < 4.78 is 11.8. The average Bonchev–Trinajstić information content (AvgIpc) is 2.25. The first-order chi connectivity index (χ1) is 7.14. The van der Waals surface area contributed by atoms with Crippen molar-refractivity contribution in [2.45, 2.75) is 58.3 Å². The molecular formula is C12H25O2P. The van der Waals surface area contributed by atoms with E-state index < -0.39 is 7.37 Å². The first-order valence-electron chi connectivity index (χ1n) is 6.45. The van der Waals surface area contributed by atoms with Crippen LogP contribution in [0.25, 0.3) is 0 Å². The van der Waals surface area contributed by atoms with E-state index in [9.17, 15) is 9.46 Å². The Morgan fingerprint density at radius 3 is 2.47 bits per heavy atom. The van der Waals surface area contributed by atoms with Crippen molar-refractivity contribution in [3.05, 3.63) is 0 Å². The molecule has 0 bridgehead atoms. The molecule has 1 aliphatic rings. The van der Waals surface area contributed by atoms with Gasteiger partial charge < -0.3 is 4.89 Å². The number of hydrogen-bond acceptors (Lipinski definition) is 1. The first-order valence-corrected chi connectivity index (χ1v) is 8.48. The van der Waals surface area contributed by atoms with Gasteiger partial charge >= 0.3 is 0 Å². The maximum atomic E-state index is 11.8. The lowest BCUT2D eigenvalue weighted by atomic mass is 9.88. The van der Waals surface area contributed by atoms with Crippen molar-refractivity contribution >= 4 is 7.37 Å². The van der Waals surface area contributed by atoms with Crippen LogP contribution in [0, 0.1) is 5.92 Å². The Hall–Kier alpha value is 0.190. The Bertz CT molecular complexity index is 210. The number of hydrogen-bond donors (Lipinski definition) is 1. The van der Waals surface area contributed by atoms with Gasteiger partial charge in [0.2, 0.25) is 7.37 Å². The molecule has 1 atom stereocenters. The molecule has 1 N–H and O–H groups in total. The van der Waals surface area contributed by atoms with Gasteiger partial charge in [-0.15, -0.1) is 0 Å². The summed E-state index contributed by atoms with van der Waals surface area (Å²) in [6.45, 7) is 2.07. The molecule has 1 rings (SSSR count). The van der Waals surface area contributed by atoms with Gasteiger partial charge in [0.25, 0.3) is 0 Å². The lowest BCUT2D eigenvalue weighted by Crippen LogP contribution is -2.09. The molecule has 0 amide bonds. The molecular weight excluding hydrogens is 207 g/mol. The first kappa shape index (κ1) is 13.3. The fourth-order valence-corrected chi connectivity index (χ4v) is 4.18. The van der Waals surface area contributed by atoms with E-state index in [4.69, 9.17) is 0 Å². The molecule has 1 fully saturated rings. The van der Waals surface area contributed by atoms with Crippen molar-refractivity contribution in [1.82, 2.24) is 0 Å². The van der Waals surface area contributed by atoms with Crippen molar-refractivity contribution in [3.8, 4) is 0 Å². The predicted molar refractivity (Wildman–Crippen MR) is 65.7 cm³/mol. The second-order valence-electron chi connectivity index (χ2n) is 4.94. The molecule has 0 radical (unpaired) electrons. The molecule has 1 unspecified atom stereocenters. The van der Waals surface area contributed by atoms with Crippen molar-refractivity contribution in [3.63, 3.8) is 0 Å². The predicted octanol–water partition coefficient (Wildman–Crippen LogP) is 4.03. The van der Waals surface area contributed by atoms with Crippen LogP contribution in [0.5, 0.6) is 0 Å². The standard InChI is InChI=1S/C12H25O2P/c1-2-3-10-15(13,14)11-9-12-7-5-4-6-8-12/h12H,2-11H2,1H3,(H,13,14).